The second-order valence-electron chi connectivity index (χ2n) is 3.93. The van der Waals surface area contributed by atoms with Gasteiger partial charge in [-0.25, -0.2) is 0 Å². The van der Waals surface area contributed by atoms with Gasteiger partial charge >= 0.3 is 6.18 Å². The van der Waals surface area contributed by atoms with Crippen molar-refractivity contribution in [3.63, 3.8) is 0 Å². The van der Waals surface area contributed by atoms with Crippen LogP contribution in [-0.2, 0) is 6.18 Å². The second-order valence-corrected chi connectivity index (χ2v) is 3.93. The van der Waals surface area contributed by atoms with Crippen molar-refractivity contribution in [3.8, 4) is 0 Å². The van der Waals surface area contributed by atoms with Gasteiger partial charge in [-0.2, -0.15) is 13.2 Å². The van der Waals surface area contributed by atoms with Gasteiger partial charge in [0.2, 0.25) is 0 Å². The van der Waals surface area contributed by atoms with Crippen LogP contribution in [0.3, 0.4) is 0 Å². The highest BCUT2D eigenvalue weighted by Gasteiger charge is 2.31. The smallest absolute Gasteiger partial charge is 0.383 e. The Kier molecular flexibility index (Phi) is 2.69. The predicted molar refractivity (Wildman–Crippen MR) is 57.8 cm³/mol. The van der Waals surface area contributed by atoms with Gasteiger partial charge in [0.25, 0.3) is 0 Å². The van der Waals surface area contributed by atoms with Gasteiger partial charge in [0.05, 0.1) is 16.9 Å². The molecule has 2 rings (SSSR count). The van der Waals surface area contributed by atoms with Gasteiger partial charge in [0.15, 0.2) is 0 Å². The van der Waals surface area contributed by atoms with Gasteiger partial charge in [-0.15, -0.1) is 0 Å². The summed E-state index contributed by atoms with van der Waals surface area (Å²) >= 11 is 0. The topological polar surface area (TPSA) is 15.3 Å². The first-order valence-electron chi connectivity index (χ1n) is 5.15. The van der Waals surface area contributed by atoms with Gasteiger partial charge in [0, 0.05) is 20.1 Å². The van der Waals surface area contributed by atoms with Crippen LogP contribution in [0.25, 0.3) is 0 Å². The number of benzene rings is 1. The van der Waals surface area contributed by atoms with Crippen LogP contribution in [-0.4, -0.2) is 20.1 Å². The molecule has 1 aliphatic heterocycles. The summed E-state index contributed by atoms with van der Waals surface area (Å²) in [6, 6.07) is 3.82. The van der Waals surface area contributed by atoms with E-state index >= 15 is 0 Å². The molecule has 16 heavy (non-hydrogen) atoms. The van der Waals surface area contributed by atoms with Gasteiger partial charge in [0.1, 0.15) is 0 Å². The molecule has 0 fully saturated rings. The van der Waals surface area contributed by atoms with Crippen LogP contribution in [0.4, 0.5) is 24.5 Å². The fourth-order valence-electron chi connectivity index (χ4n) is 1.83. The van der Waals surface area contributed by atoms with Crippen LogP contribution in [0.1, 0.15) is 12.0 Å². The van der Waals surface area contributed by atoms with E-state index in [9.17, 15) is 13.2 Å². The Morgan fingerprint density at radius 3 is 2.75 bits per heavy atom. The first-order valence-corrected chi connectivity index (χ1v) is 5.15. The van der Waals surface area contributed by atoms with Crippen LogP contribution in [0.15, 0.2) is 18.2 Å². The lowest BCUT2D eigenvalue weighted by Crippen LogP contribution is -2.18. The molecule has 0 bridgehead atoms. The molecule has 0 saturated heterocycles. The van der Waals surface area contributed by atoms with Crippen LogP contribution in [0.2, 0.25) is 0 Å². The van der Waals surface area contributed by atoms with Gasteiger partial charge < -0.3 is 10.2 Å². The summed E-state index contributed by atoms with van der Waals surface area (Å²) in [5.41, 5.74) is 0.794. The Morgan fingerprint density at radius 1 is 1.31 bits per heavy atom. The zero-order valence-electron chi connectivity index (χ0n) is 8.93. The van der Waals surface area contributed by atoms with Gasteiger partial charge in [-0.1, -0.05) is 0 Å². The number of anilines is 2. The number of alkyl halides is 3. The molecule has 1 aliphatic rings. The highest BCUT2D eigenvalue weighted by molar-refractivity contribution is 5.71. The summed E-state index contributed by atoms with van der Waals surface area (Å²) in [5, 5.41) is 3.13. The van der Waals surface area contributed by atoms with E-state index < -0.39 is 11.7 Å². The summed E-state index contributed by atoms with van der Waals surface area (Å²) in [7, 11) is 1.81. The largest absolute Gasteiger partial charge is 0.416 e. The third-order valence-electron chi connectivity index (χ3n) is 2.72. The maximum absolute atomic E-state index is 12.5. The van der Waals surface area contributed by atoms with Crippen LogP contribution in [0, 0.1) is 0 Å². The molecular formula is C11H13F3N2. The van der Waals surface area contributed by atoms with Crippen molar-refractivity contribution in [1.29, 1.82) is 0 Å². The lowest BCUT2D eigenvalue weighted by Gasteiger charge is -2.20. The van der Waals surface area contributed by atoms with E-state index in [0.717, 1.165) is 31.3 Å². The summed E-state index contributed by atoms with van der Waals surface area (Å²) in [6.07, 6.45) is -3.35. The zero-order chi connectivity index (χ0) is 11.8. The molecule has 0 aromatic heterocycles. The summed E-state index contributed by atoms with van der Waals surface area (Å²) in [6.45, 7) is 1.56. The number of nitrogens with one attached hydrogen (secondary N) is 1. The first kappa shape index (κ1) is 11.1. The molecule has 0 saturated carbocycles. The molecule has 0 amide bonds. The van der Waals surface area contributed by atoms with Crippen LogP contribution < -0.4 is 10.2 Å². The van der Waals surface area contributed by atoms with Crippen LogP contribution in [0.5, 0.6) is 0 Å². The van der Waals surface area contributed by atoms with Crippen molar-refractivity contribution in [2.45, 2.75) is 12.6 Å². The normalized spacial score (nSPS) is 16.4. The Balaban J connectivity index is 2.43. The third kappa shape index (κ3) is 2.08. The molecule has 5 heteroatoms. The molecule has 1 N–H and O–H groups in total. The highest BCUT2D eigenvalue weighted by atomic mass is 19.4. The quantitative estimate of drug-likeness (QED) is 0.737. The van der Waals surface area contributed by atoms with E-state index in [1.807, 2.05) is 11.9 Å². The Hall–Kier alpha value is -1.39. The molecule has 0 radical (unpaired) electrons. The lowest BCUT2D eigenvalue weighted by atomic mass is 10.1. The standard InChI is InChI=1S/C11H13F3N2/c1-16-6-2-5-15-9-4-3-8(7-10(9)16)11(12,13)14/h3-4,7,15H,2,5-6H2,1H3. The molecule has 1 heterocycles. The van der Waals surface area contributed by atoms with Gasteiger partial charge in [-0.3, -0.25) is 0 Å². The molecule has 1 aromatic rings. The minimum Gasteiger partial charge on any atom is -0.383 e. The average Bonchev–Trinajstić information content (AvgIpc) is 2.39. The Labute approximate surface area is 92.1 Å². The number of rotatable bonds is 0. The molecule has 0 unspecified atom stereocenters. The highest BCUT2D eigenvalue weighted by Crippen LogP contribution is 2.35. The number of nitrogens with zero attached hydrogens (tertiary/aromatic N) is 1. The fraction of sp³-hybridized carbons (Fsp3) is 0.455. The second kappa shape index (κ2) is 3.88. The molecular weight excluding hydrogens is 217 g/mol. The maximum Gasteiger partial charge on any atom is 0.416 e. The number of fused-ring (bicyclic) bond motifs is 1. The van der Waals surface area contributed by atoms with Crippen molar-refractivity contribution < 1.29 is 13.2 Å². The average molecular weight is 230 g/mol. The minimum absolute atomic E-state index is 0.596. The Morgan fingerprint density at radius 2 is 2.06 bits per heavy atom. The molecule has 0 aliphatic carbocycles. The predicted octanol–water partition coefficient (Wildman–Crippen LogP) is 2.96. The summed E-state index contributed by atoms with van der Waals surface area (Å²) in [4.78, 5) is 1.85. The molecule has 0 spiro atoms. The Bertz CT molecular complexity index is 387. The molecule has 88 valence electrons. The van der Waals surface area contributed by atoms with E-state index in [-0.39, 0.29) is 0 Å². The minimum atomic E-state index is -4.28. The number of hydrogen-bond donors (Lipinski definition) is 1. The number of halogens is 3. The van der Waals surface area contributed by atoms with Crippen molar-refractivity contribution >= 4 is 11.4 Å². The number of hydrogen-bond acceptors (Lipinski definition) is 2. The fourth-order valence-corrected chi connectivity index (χ4v) is 1.83. The summed E-state index contributed by atoms with van der Waals surface area (Å²) < 4.78 is 37.6. The van der Waals surface area contributed by atoms with Gasteiger partial charge in [-0.05, 0) is 24.6 Å². The van der Waals surface area contributed by atoms with Crippen molar-refractivity contribution in [3.05, 3.63) is 23.8 Å². The summed E-state index contributed by atoms with van der Waals surface area (Å²) in [5.74, 6) is 0. The van der Waals surface area contributed by atoms with E-state index in [1.54, 1.807) is 0 Å². The maximum atomic E-state index is 12.5. The third-order valence-corrected chi connectivity index (χ3v) is 2.72. The molecule has 0 atom stereocenters. The lowest BCUT2D eigenvalue weighted by molar-refractivity contribution is -0.137. The van der Waals surface area contributed by atoms with E-state index in [4.69, 9.17) is 0 Å². The first-order chi connectivity index (χ1) is 7.48. The van der Waals surface area contributed by atoms with Crippen molar-refractivity contribution in [1.82, 2.24) is 0 Å². The molecule has 2 nitrogen and oxygen atoms in total. The SMILES string of the molecule is CN1CCCNc2ccc(C(F)(F)F)cc21. The van der Waals surface area contributed by atoms with Crippen molar-refractivity contribution in [2.24, 2.45) is 0 Å². The van der Waals surface area contributed by atoms with E-state index in [1.165, 1.54) is 12.1 Å². The zero-order valence-corrected chi connectivity index (χ0v) is 8.93. The van der Waals surface area contributed by atoms with Crippen molar-refractivity contribution in [2.75, 3.05) is 30.4 Å². The van der Waals surface area contributed by atoms with E-state index in [2.05, 4.69) is 5.32 Å². The monoisotopic (exact) mass is 230 g/mol. The van der Waals surface area contributed by atoms with E-state index in [0.29, 0.717) is 5.69 Å². The van der Waals surface area contributed by atoms with Crippen LogP contribution >= 0.6 is 0 Å². The molecule has 1 aromatic carbocycles.